The Hall–Kier alpha value is -0.891. The molecule has 80 valence electrons. The summed E-state index contributed by atoms with van der Waals surface area (Å²) in [6.07, 6.45) is 0. The second-order valence-corrected chi connectivity index (χ2v) is 6.08. The molecule has 0 amide bonds. The minimum absolute atomic E-state index is 0.602. The Kier molecular flexibility index (Phi) is 4.34. The third kappa shape index (κ3) is 2.82. The van der Waals surface area contributed by atoms with Crippen LogP contribution in [-0.2, 0) is 8.52 Å². The summed E-state index contributed by atoms with van der Waals surface area (Å²) >= 11 is 0.602. The number of rotatable bonds is 4. The van der Waals surface area contributed by atoms with Crippen LogP contribution in [0.15, 0.2) is 60.7 Å². The van der Waals surface area contributed by atoms with Gasteiger partial charge in [-0.3, -0.25) is 0 Å². The van der Waals surface area contributed by atoms with Crippen molar-refractivity contribution in [2.45, 2.75) is 0 Å². The molecule has 0 saturated carbocycles. The molecule has 0 aromatic heterocycles. The second kappa shape index (κ2) is 6.00. The summed E-state index contributed by atoms with van der Waals surface area (Å²) in [5.41, 5.74) is 0. The van der Waals surface area contributed by atoms with Crippen molar-refractivity contribution in [3.05, 3.63) is 60.7 Å². The highest BCUT2D eigenvalue weighted by atomic mass is 28.3. The maximum absolute atomic E-state index is 5.51. The van der Waals surface area contributed by atoms with Gasteiger partial charge >= 0.3 is 16.6 Å². The van der Waals surface area contributed by atoms with Crippen LogP contribution in [0, 0.1) is 0 Å². The van der Waals surface area contributed by atoms with Crippen LogP contribution < -0.4 is 10.4 Å². The molecule has 16 heavy (non-hydrogen) atoms. The SMILES string of the molecule is [AlH2][O]O[SiH](c1ccccc1)c1ccccc1. The van der Waals surface area contributed by atoms with Gasteiger partial charge in [-0.1, -0.05) is 60.7 Å². The molecule has 0 radical (unpaired) electrons. The molecule has 2 nitrogen and oxygen atoms in total. The molecule has 2 rings (SSSR count). The van der Waals surface area contributed by atoms with Gasteiger partial charge in [0, 0.05) is 0 Å². The first-order chi connectivity index (χ1) is 7.92. The van der Waals surface area contributed by atoms with Gasteiger partial charge in [0.1, 0.15) is 0 Å². The lowest BCUT2D eigenvalue weighted by atomic mass is 10.4. The average molecular weight is 244 g/mol. The minimum atomic E-state index is -1.64. The largest absolute Gasteiger partial charge is 0.463 e. The maximum atomic E-state index is 5.51. The Labute approximate surface area is 105 Å². The van der Waals surface area contributed by atoms with E-state index in [1.165, 1.54) is 10.4 Å². The fraction of sp³-hybridized carbons (Fsp3) is 0. The van der Waals surface area contributed by atoms with E-state index in [4.69, 9.17) is 8.52 Å². The summed E-state index contributed by atoms with van der Waals surface area (Å²) in [7, 11) is -1.64. The molecular formula is C12H13AlO2Si. The summed E-state index contributed by atoms with van der Waals surface area (Å²) in [6.45, 7) is 0. The highest BCUT2D eigenvalue weighted by Crippen LogP contribution is 1.94. The monoisotopic (exact) mass is 244 g/mol. The van der Waals surface area contributed by atoms with Crippen molar-refractivity contribution in [1.82, 2.24) is 0 Å². The van der Waals surface area contributed by atoms with E-state index in [2.05, 4.69) is 24.3 Å². The van der Waals surface area contributed by atoms with E-state index in [-0.39, 0.29) is 0 Å². The van der Waals surface area contributed by atoms with Gasteiger partial charge in [0.25, 0.3) is 9.04 Å². The van der Waals surface area contributed by atoms with Gasteiger partial charge in [-0.25, -0.2) is 0 Å². The topological polar surface area (TPSA) is 18.5 Å². The normalized spacial score (nSPS) is 10.6. The first-order valence-corrected chi connectivity index (χ1v) is 7.65. The average Bonchev–Trinajstić information content (AvgIpc) is 2.38. The van der Waals surface area contributed by atoms with Crippen LogP contribution in [0.4, 0.5) is 0 Å². The van der Waals surface area contributed by atoms with Gasteiger partial charge in [-0.2, -0.15) is 0 Å². The third-order valence-electron chi connectivity index (χ3n) is 2.40. The van der Waals surface area contributed by atoms with Crippen molar-refractivity contribution in [3.63, 3.8) is 0 Å². The van der Waals surface area contributed by atoms with Gasteiger partial charge in [0.15, 0.2) is 0 Å². The van der Waals surface area contributed by atoms with Crippen molar-refractivity contribution in [2.75, 3.05) is 0 Å². The van der Waals surface area contributed by atoms with Gasteiger partial charge < -0.3 is 8.52 Å². The number of hydrogen-bond donors (Lipinski definition) is 0. The fourth-order valence-corrected chi connectivity index (χ4v) is 4.18. The van der Waals surface area contributed by atoms with Crippen LogP contribution in [0.2, 0.25) is 0 Å². The Morgan fingerprint density at radius 1 is 0.750 bits per heavy atom. The lowest BCUT2D eigenvalue weighted by Crippen LogP contribution is -2.44. The molecule has 0 unspecified atom stereocenters. The third-order valence-corrected chi connectivity index (χ3v) is 5.34. The summed E-state index contributed by atoms with van der Waals surface area (Å²) in [5, 5.41) is 2.48. The standard InChI is InChI=1S/C12H12O2Si.Al.2H/c13-14-15(11-7-3-1-4-8-11)12-9-5-2-6-10-12;;;/h1-10,13,15H;;;/q;+1;;/p-1. The van der Waals surface area contributed by atoms with Crippen LogP contribution in [-0.4, -0.2) is 25.7 Å². The molecule has 0 saturated heterocycles. The van der Waals surface area contributed by atoms with E-state index in [0.29, 0.717) is 16.6 Å². The summed E-state index contributed by atoms with van der Waals surface area (Å²) in [6, 6.07) is 20.6. The van der Waals surface area contributed by atoms with Crippen molar-refractivity contribution in [1.29, 1.82) is 0 Å². The predicted octanol–water partition coefficient (Wildman–Crippen LogP) is 0.0209. The molecule has 0 heterocycles. The zero-order chi connectivity index (χ0) is 11.2. The minimum Gasteiger partial charge on any atom is -0.393 e. The van der Waals surface area contributed by atoms with Crippen molar-refractivity contribution >= 4 is 36.0 Å². The van der Waals surface area contributed by atoms with Crippen LogP contribution in [0.3, 0.4) is 0 Å². The van der Waals surface area contributed by atoms with E-state index >= 15 is 0 Å². The van der Waals surface area contributed by atoms with E-state index in [1.54, 1.807) is 0 Å². The van der Waals surface area contributed by atoms with Crippen LogP contribution in [0.5, 0.6) is 0 Å². The molecule has 0 spiro atoms. The molecule has 0 aliphatic heterocycles. The van der Waals surface area contributed by atoms with E-state index in [0.717, 1.165) is 0 Å². The van der Waals surface area contributed by atoms with Crippen LogP contribution in [0.1, 0.15) is 0 Å². The first-order valence-electron chi connectivity index (χ1n) is 5.21. The van der Waals surface area contributed by atoms with Crippen molar-refractivity contribution in [3.8, 4) is 0 Å². The predicted molar refractivity (Wildman–Crippen MR) is 70.0 cm³/mol. The zero-order valence-electron chi connectivity index (χ0n) is 9.17. The molecule has 0 aliphatic rings. The molecule has 0 aliphatic carbocycles. The van der Waals surface area contributed by atoms with Crippen molar-refractivity contribution in [2.24, 2.45) is 0 Å². The summed E-state index contributed by atoms with van der Waals surface area (Å²) in [5.74, 6) is 0. The Balaban J connectivity index is 2.31. The van der Waals surface area contributed by atoms with Crippen molar-refractivity contribution < 1.29 is 8.52 Å². The van der Waals surface area contributed by atoms with E-state index < -0.39 is 9.04 Å². The highest BCUT2D eigenvalue weighted by Gasteiger charge is 2.17. The Morgan fingerprint density at radius 3 is 1.56 bits per heavy atom. The van der Waals surface area contributed by atoms with E-state index in [9.17, 15) is 0 Å². The molecule has 0 N–H and O–H groups in total. The quantitative estimate of drug-likeness (QED) is 0.429. The lowest BCUT2D eigenvalue weighted by molar-refractivity contribution is -0.0943. The van der Waals surface area contributed by atoms with E-state index in [1.807, 2.05) is 36.4 Å². The second-order valence-electron chi connectivity index (χ2n) is 3.46. The Bertz CT molecular complexity index is 382. The summed E-state index contributed by atoms with van der Waals surface area (Å²) < 4.78 is 10.5. The number of benzene rings is 2. The molecule has 0 fully saturated rings. The van der Waals surface area contributed by atoms with Gasteiger partial charge in [-0.05, 0) is 10.4 Å². The molecular weight excluding hydrogens is 231 g/mol. The van der Waals surface area contributed by atoms with Gasteiger partial charge in [-0.15, -0.1) is 0 Å². The molecule has 2 aromatic carbocycles. The van der Waals surface area contributed by atoms with Crippen LogP contribution in [0.25, 0.3) is 0 Å². The molecule has 2 aromatic rings. The lowest BCUT2D eigenvalue weighted by Gasteiger charge is -2.15. The van der Waals surface area contributed by atoms with Crippen LogP contribution >= 0.6 is 0 Å². The van der Waals surface area contributed by atoms with Gasteiger partial charge in [0.05, 0.1) is 0 Å². The van der Waals surface area contributed by atoms with Gasteiger partial charge in [0.2, 0.25) is 0 Å². The maximum Gasteiger partial charge on any atom is 0.463 e. The molecule has 0 atom stereocenters. The molecule has 0 bridgehead atoms. The number of hydrogen-bond acceptors (Lipinski definition) is 2. The zero-order valence-corrected chi connectivity index (χ0v) is 12.3. The molecule has 4 heteroatoms. The first kappa shape index (κ1) is 11.6. The summed E-state index contributed by atoms with van der Waals surface area (Å²) in [4.78, 5) is 0. The smallest absolute Gasteiger partial charge is 0.393 e. The Morgan fingerprint density at radius 2 is 1.19 bits per heavy atom. The fourth-order valence-electron chi connectivity index (χ4n) is 1.66. The highest BCUT2D eigenvalue weighted by molar-refractivity contribution is 6.79.